The van der Waals surface area contributed by atoms with Gasteiger partial charge in [0.25, 0.3) is 5.91 Å². The third kappa shape index (κ3) is 8.48. The van der Waals surface area contributed by atoms with Gasteiger partial charge in [-0.25, -0.2) is 4.39 Å². The second kappa shape index (κ2) is 14.6. The van der Waals surface area contributed by atoms with Crippen LogP contribution >= 0.6 is 0 Å². The summed E-state index contributed by atoms with van der Waals surface area (Å²) in [6.07, 6.45) is 4.31. The molecule has 0 saturated carbocycles. The molecule has 3 rings (SSSR count). The zero-order valence-corrected chi connectivity index (χ0v) is 22.5. The minimum Gasteiger partial charge on any atom is -0.491 e. The molecule has 0 spiro atoms. The summed E-state index contributed by atoms with van der Waals surface area (Å²) in [6.45, 7) is 8.85. The lowest BCUT2D eigenvalue weighted by atomic mass is 10.0. The van der Waals surface area contributed by atoms with E-state index in [2.05, 4.69) is 13.8 Å². The van der Waals surface area contributed by atoms with E-state index in [9.17, 15) is 14.0 Å². The molecule has 0 radical (unpaired) electrons. The van der Waals surface area contributed by atoms with Crippen molar-refractivity contribution in [2.45, 2.75) is 65.3 Å². The van der Waals surface area contributed by atoms with Gasteiger partial charge in [-0.2, -0.15) is 0 Å². The Hall–Kier alpha value is -3.09. The van der Waals surface area contributed by atoms with Crippen molar-refractivity contribution in [3.8, 4) is 11.5 Å². The molecule has 2 aromatic carbocycles. The lowest BCUT2D eigenvalue weighted by molar-refractivity contribution is -0.135. The molecule has 37 heavy (non-hydrogen) atoms. The highest BCUT2D eigenvalue weighted by Gasteiger charge is 2.26. The summed E-state index contributed by atoms with van der Waals surface area (Å²) in [5, 5.41) is 0. The molecule has 1 atom stereocenters. The van der Waals surface area contributed by atoms with Crippen molar-refractivity contribution in [3.63, 3.8) is 0 Å². The summed E-state index contributed by atoms with van der Waals surface area (Å²) in [7, 11) is 0. The van der Waals surface area contributed by atoms with Crippen molar-refractivity contribution in [2.24, 2.45) is 5.92 Å². The molecule has 0 aliphatic carbocycles. The van der Waals surface area contributed by atoms with E-state index in [1.165, 1.54) is 6.07 Å². The van der Waals surface area contributed by atoms with Gasteiger partial charge in [0.1, 0.15) is 12.4 Å². The molecule has 0 aromatic heterocycles. The fraction of sp³-hybridized carbons (Fsp3) is 0.533. The number of halogens is 1. The van der Waals surface area contributed by atoms with E-state index in [0.29, 0.717) is 56.3 Å². The summed E-state index contributed by atoms with van der Waals surface area (Å²) < 4.78 is 25.6. The topological polar surface area (TPSA) is 59.1 Å². The second-order valence-corrected chi connectivity index (χ2v) is 10.0. The molecule has 6 nitrogen and oxygen atoms in total. The number of benzene rings is 2. The summed E-state index contributed by atoms with van der Waals surface area (Å²) in [5.74, 6) is 0.780. The van der Waals surface area contributed by atoms with Gasteiger partial charge >= 0.3 is 0 Å². The van der Waals surface area contributed by atoms with Crippen LogP contribution in [0.25, 0.3) is 0 Å². The molecular weight excluding hydrogens is 471 g/mol. The van der Waals surface area contributed by atoms with Crippen LogP contribution in [0.1, 0.15) is 69.7 Å². The Labute approximate surface area is 220 Å². The van der Waals surface area contributed by atoms with Crippen molar-refractivity contribution in [1.82, 2.24) is 9.80 Å². The van der Waals surface area contributed by atoms with E-state index in [0.717, 1.165) is 25.7 Å². The maximum Gasteiger partial charge on any atom is 0.257 e. The number of para-hydroxylation sites is 2. The fourth-order valence-electron chi connectivity index (χ4n) is 4.74. The predicted octanol–water partition coefficient (Wildman–Crippen LogP) is 5.95. The van der Waals surface area contributed by atoms with Crippen LogP contribution in [0.3, 0.4) is 0 Å². The zero-order chi connectivity index (χ0) is 26.6. The fourth-order valence-corrected chi connectivity index (χ4v) is 4.74. The van der Waals surface area contributed by atoms with E-state index >= 15 is 0 Å². The predicted molar refractivity (Wildman–Crippen MR) is 143 cm³/mol. The number of carbonyl (C=O) groups excluding carboxylic acids is 2. The minimum absolute atomic E-state index is 0.0134. The zero-order valence-electron chi connectivity index (χ0n) is 22.5. The first-order valence-electron chi connectivity index (χ1n) is 13.6. The smallest absolute Gasteiger partial charge is 0.257 e. The number of fused-ring (bicyclic) bond motifs is 1. The third-order valence-corrected chi connectivity index (χ3v) is 6.68. The monoisotopic (exact) mass is 512 g/mol. The van der Waals surface area contributed by atoms with Crippen LogP contribution in [-0.4, -0.2) is 60.5 Å². The molecule has 2 aromatic rings. The van der Waals surface area contributed by atoms with Crippen LogP contribution in [-0.2, 0) is 4.79 Å². The first-order chi connectivity index (χ1) is 17.9. The van der Waals surface area contributed by atoms with Crippen molar-refractivity contribution in [3.05, 3.63) is 59.9 Å². The first-order valence-corrected chi connectivity index (χ1v) is 13.6. The standard InChI is InChI=1S/C30H41FN2O4/c1-4-32-18-10-5-11-19-33(29(34)17-12-20-36-28-16-9-7-14-26(28)31)24(21-23(2)3)22-37-27-15-8-6-13-25(27)30(32)35/h6-9,13-16,23-24H,4-5,10-12,17-22H2,1-3H3/t24-/m0/s1. The molecule has 0 saturated heterocycles. The highest BCUT2D eigenvalue weighted by atomic mass is 19.1. The Bertz CT molecular complexity index is 1010. The van der Waals surface area contributed by atoms with E-state index in [1.54, 1.807) is 18.2 Å². The Morgan fingerprint density at radius 1 is 1.08 bits per heavy atom. The molecule has 0 bridgehead atoms. The van der Waals surface area contributed by atoms with Gasteiger partial charge in [-0.05, 0) is 69.2 Å². The lowest BCUT2D eigenvalue weighted by Crippen LogP contribution is -2.45. The molecule has 1 aliphatic rings. The van der Waals surface area contributed by atoms with Crippen LogP contribution in [0.15, 0.2) is 48.5 Å². The Morgan fingerprint density at radius 3 is 2.57 bits per heavy atom. The number of rotatable bonds is 8. The maximum atomic E-state index is 13.8. The summed E-state index contributed by atoms with van der Waals surface area (Å²) >= 11 is 0. The van der Waals surface area contributed by atoms with Gasteiger partial charge in [-0.3, -0.25) is 9.59 Å². The van der Waals surface area contributed by atoms with Crippen LogP contribution < -0.4 is 9.47 Å². The molecule has 0 N–H and O–H groups in total. The molecule has 0 fully saturated rings. The van der Waals surface area contributed by atoms with E-state index < -0.39 is 5.82 Å². The largest absolute Gasteiger partial charge is 0.491 e. The van der Waals surface area contributed by atoms with Crippen LogP contribution in [0.5, 0.6) is 11.5 Å². The van der Waals surface area contributed by atoms with Gasteiger partial charge in [0.2, 0.25) is 5.91 Å². The average Bonchev–Trinajstić information content (AvgIpc) is 2.90. The van der Waals surface area contributed by atoms with Gasteiger partial charge in [-0.15, -0.1) is 0 Å². The number of nitrogens with zero attached hydrogens (tertiary/aromatic N) is 2. The van der Waals surface area contributed by atoms with Crippen LogP contribution in [0, 0.1) is 11.7 Å². The quantitative estimate of drug-likeness (QED) is 0.410. The number of carbonyl (C=O) groups is 2. The van der Waals surface area contributed by atoms with Crippen molar-refractivity contribution < 1.29 is 23.5 Å². The summed E-state index contributed by atoms with van der Waals surface area (Å²) in [6, 6.07) is 13.6. The molecule has 0 unspecified atom stereocenters. The number of amides is 2. The van der Waals surface area contributed by atoms with E-state index in [4.69, 9.17) is 9.47 Å². The molecule has 7 heteroatoms. The number of hydrogen-bond donors (Lipinski definition) is 0. The number of hydrogen-bond acceptors (Lipinski definition) is 4. The van der Waals surface area contributed by atoms with Gasteiger partial charge in [0, 0.05) is 26.1 Å². The second-order valence-electron chi connectivity index (χ2n) is 10.0. The van der Waals surface area contributed by atoms with Gasteiger partial charge < -0.3 is 19.3 Å². The SMILES string of the molecule is CCN1CCCCCN(C(=O)CCCOc2ccccc2F)[C@@H](CC(C)C)COc2ccccc2C1=O. The highest BCUT2D eigenvalue weighted by molar-refractivity contribution is 5.96. The Kier molecular flexibility index (Phi) is 11.2. The molecular formula is C30H41FN2O4. The van der Waals surface area contributed by atoms with Gasteiger partial charge in [0.05, 0.1) is 18.2 Å². The molecule has 202 valence electrons. The van der Waals surface area contributed by atoms with Crippen LogP contribution in [0.2, 0.25) is 0 Å². The normalized spacial score (nSPS) is 17.3. The molecule has 1 heterocycles. The van der Waals surface area contributed by atoms with E-state index in [-0.39, 0.29) is 30.2 Å². The summed E-state index contributed by atoms with van der Waals surface area (Å²) in [5.41, 5.74) is 0.565. The average molecular weight is 513 g/mol. The molecule has 2 amide bonds. The van der Waals surface area contributed by atoms with Crippen LogP contribution in [0.4, 0.5) is 4.39 Å². The highest BCUT2D eigenvalue weighted by Crippen LogP contribution is 2.24. The van der Waals surface area contributed by atoms with Gasteiger partial charge in [0.15, 0.2) is 11.6 Å². The summed E-state index contributed by atoms with van der Waals surface area (Å²) in [4.78, 5) is 30.5. The van der Waals surface area contributed by atoms with Crippen molar-refractivity contribution in [1.29, 1.82) is 0 Å². The first kappa shape index (κ1) is 28.5. The lowest BCUT2D eigenvalue weighted by Gasteiger charge is -2.33. The van der Waals surface area contributed by atoms with Crippen molar-refractivity contribution >= 4 is 11.8 Å². The van der Waals surface area contributed by atoms with Gasteiger partial charge in [-0.1, -0.05) is 38.1 Å². The number of ether oxygens (including phenoxy) is 2. The minimum atomic E-state index is -0.401. The Morgan fingerprint density at radius 2 is 1.81 bits per heavy atom. The molecule has 1 aliphatic heterocycles. The Balaban J connectivity index is 1.73. The third-order valence-electron chi connectivity index (χ3n) is 6.68. The van der Waals surface area contributed by atoms with Crippen molar-refractivity contribution in [2.75, 3.05) is 32.8 Å². The van der Waals surface area contributed by atoms with E-state index in [1.807, 2.05) is 41.0 Å². The maximum absolute atomic E-state index is 13.8.